The lowest BCUT2D eigenvalue weighted by molar-refractivity contribution is -0.474. The van der Waals surface area contributed by atoms with Crippen LogP contribution in [0.2, 0.25) is 0 Å². The smallest absolute Gasteiger partial charge is 0.200 e. The largest absolute Gasteiger partial charge is 0.460 e. The van der Waals surface area contributed by atoms with E-state index in [1.807, 2.05) is 0 Å². The molecule has 0 spiro atoms. The molecule has 0 nitrogen and oxygen atoms in total. The third-order valence-electron chi connectivity index (χ3n) is 4.28. The summed E-state index contributed by atoms with van der Waals surface area (Å²) in [6.07, 6.45) is -9.85. The molecule has 0 rings (SSSR count). The highest BCUT2D eigenvalue weighted by Gasteiger charge is 2.97. The fourth-order valence-electron chi connectivity index (χ4n) is 2.02. The molecule has 0 N–H and O–H groups in total. The quantitative estimate of drug-likeness (QED) is 0.216. The van der Waals surface area contributed by atoms with Gasteiger partial charge in [-0.2, -0.15) is 92.2 Å². The molecule has 0 saturated carbocycles. The van der Waals surface area contributed by atoms with Crippen molar-refractivity contribution in [2.45, 2.75) is 65.9 Å². The lowest BCUT2D eigenvalue weighted by Crippen LogP contribution is -2.76. The van der Waals surface area contributed by atoms with Gasteiger partial charge in [0.05, 0.1) is 0 Å². The van der Waals surface area contributed by atoms with Gasteiger partial charge in [0.1, 0.15) is 0 Å². The van der Waals surface area contributed by atoms with E-state index in [9.17, 15) is 92.2 Å². The number of alkyl halides is 21. The van der Waals surface area contributed by atoms with E-state index in [1.165, 1.54) is 0 Å². The van der Waals surface area contributed by atoms with Crippen molar-refractivity contribution in [1.82, 2.24) is 0 Å². The minimum atomic E-state index is -9.15. The van der Waals surface area contributed by atoms with Crippen molar-refractivity contribution in [3.63, 3.8) is 0 Å². The Kier molecular flexibility index (Phi) is 8.87. The molecule has 0 heterocycles. The molecule has 0 saturated heterocycles. The summed E-state index contributed by atoms with van der Waals surface area (Å²) in [4.78, 5) is 0. The van der Waals surface area contributed by atoms with Gasteiger partial charge in [0.25, 0.3) is 0 Å². The molecule has 218 valence electrons. The first-order valence-electron chi connectivity index (χ1n) is 7.94. The lowest BCUT2D eigenvalue weighted by atomic mass is 9.86. The standard InChI is InChI=1S/C13H7F21S2/c1-36(35)3-2-4(14,15)5(16,17)6(18,19)7(20,21)8(22,23)9(24,25)10(26,27)11(28,29)12(30,31)13(32,33)34/h2-3H2,1H3. The summed E-state index contributed by atoms with van der Waals surface area (Å²) in [5.74, 6) is -77.9. The Balaban J connectivity index is 6.97. The average Bonchev–Trinajstić information content (AvgIpc) is 2.64. The van der Waals surface area contributed by atoms with E-state index < -0.39 is 81.1 Å². The Morgan fingerprint density at radius 3 is 0.861 bits per heavy atom. The summed E-state index contributed by atoms with van der Waals surface area (Å²) >= 11 is 4.18. The maximum atomic E-state index is 13.6. The van der Waals surface area contributed by atoms with E-state index in [0.29, 0.717) is 0 Å². The van der Waals surface area contributed by atoms with Gasteiger partial charge in [-0.25, -0.2) is 0 Å². The fraction of sp³-hybridized carbons (Fsp3) is 1.00. The van der Waals surface area contributed by atoms with Gasteiger partial charge in [-0.15, -0.1) is 9.45 Å². The first-order valence-corrected chi connectivity index (χ1v) is 10.7. The molecule has 36 heavy (non-hydrogen) atoms. The Bertz CT molecular complexity index is 822. The normalized spacial score (nSPS) is 17.4. The summed E-state index contributed by atoms with van der Waals surface area (Å²) in [6, 6.07) is 0. The predicted octanol–water partition coefficient (Wildman–Crippen LogP) is 7.37. The maximum absolute atomic E-state index is 13.6. The lowest BCUT2D eigenvalue weighted by Gasteiger charge is -2.44. The van der Waals surface area contributed by atoms with Crippen LogP contribution >= 0.6 is 0 Å². The van der Waals surface area contributed by atoms with Crippen LogP contribution in [0.4, 0.5) is 92.2 Å². The molecule has 0 aromatic carbocycles. The molecule has 0 radical (unpaired) electrons. The molecular formula is C13H7F21S2. The molecular weight excluding hydrogens is 619 g/mol. The van der Waals surface area contributed by atoms with E-state index in [0.717, 1.165) is 6.26 Å². The van der Waals surface area contributed by atoms with E-state index in [-0.39, 0.29) is 0 Å². The number of halogens is 21. The number of hydrogen-bond acceptors (Lipinski definition) is 1. The predicted molar refractivity (Wildman–Crippen MR) is 80.7 cm³/mol. The van der Waals surface area contributed by atoms with Gasteiger partial charge in [-0.3, -0.25) is 0 Å². The monoisotopic (exact) mass is 626 g/mol. The molecule has 0 aliphatic carbocycles. The molecule has 1 atom stereocenters. The number of hydrogen-bond donors (Lipinski definition) is 0. The minimum absolute atomic E-state index is 0.782. The second kappa shape index (κ2) is 9.09. The van der Waals surface area contributed by atoms with E-state index in [4.69, 9.17) is 0 Å². The summed E-state index contributed by atoms with van der Waals surface area (Å²) in [6.45, 7) is 0. The van der Waals surface area contributed by atoms with E-state index in [1.54, 1.807) is 0 Å². The minimum Gasteiger partial charge on any atom is -0.200 e. The first kappa shape index (κ1) is 35.1. The van der Waals surface area contributed by atoms with Crippen molar-refractivity contribution >= 4 is 20.6 Å². The third-order valence-corrected chi connectivity index (χ3v) is 5.56. The molecule has 23 heteroatoms. The summed E-state index contributed by atoms with van der Waals surface area (Å²) in [7, 11) is -1.79. The van der Waals surface area contributed by atoms with E-state index >= 15 is 0 Å². The van der Waals surface area contributed by atoms with Crippen molar-refractivity contribution in [1.29, 1.82) is 0 Å². The maximum Gasteiger partial charge on any atom is 0.460 e. The zero-order valence-electron chi connectivity index (χ0n) is 16.2. The fourth-order valence-corrected chi connectivity index (χ4v) is 2.81. The highest BCUT2D eigenvalue weighted by molar-refractivity contribution is 8.28. The van der Waals surface area contributed by atoms with Gasteiger partial charge in [0, 0.05) is 12.2 Å². The van der Waals surface area contributed by atoms with Crippen LogP contribution in [0.15, 0.2) is 0 Å². The average molecular weight is 626 g/mol. The Morgan fingerprint density at radius 1 is 0.417 bits per heavy atom. The second-order valence-corrected chi connectivity index (χ2v) is 10.1. The zero-order valence-corrected chi connectivity index (χ0v) is 17.8. The summed E-state index contributed by atoms with van der Waals surface area (Å²) < 4.78 is 276. The van der Waals surface area contributed by atoms with Gasteiger partial charge in [0.2, 0.25) is 0 Å². The van der Waals surface area contributed by atoms with Crippen molar-refractivity contribution < 1.29 is 92.2 Å². The third kappa shape index (κ3) is 4.60. The van der Waals surface area contributed by atoms with Gasteiger partial charge < -0.3 is 0 Å². The van der Waals surface area contributed by atoms with Crippen molar-refractivity contribution in [2.75, 3.05) is 12.0 Å². The highest BCUT2D eigenvalue weighted by atomic mass is 32.8. The van der Waals surface area contributed by atoms with Crippen LogP contribution in [0.5, 0.6) is 0 Å². The topological polar surface area (TPSA) is 0 Å². The highest BCUT2D eigenvalue weighted by Crippen LogP contribution is 2.66. The van der Waals surface area contributed by atoms with E-state index in [2.05, 4.69) is 11.2 Å². The van der Waals surface area contributed by atoms with Crippen LogP contribution in [0, 0.1) is 0 Å². The van der Waals surface area contributed by atoms with Gasteiger partial charge in [-0.05, 0) is 6.26 Å². The molecule has 0 aliphatic rings. The van der Waals surface area contributed by atoms with Crippen LogP contribution < -0.4 is 0 Å². The molecule has 0 bridgehead atoms. The van der Waals surface area contributed by atoms with Crippen LogP contribution in [-0.2, 0) is 20.6 Å². The first-order chi connectivity index (χ1) is 15.2. The van der Waals surface area contributed by atoms with Gasteiger partial charge in [-0.1, -0.05) is 11.2 Å². The molecule has 0 aromatic rings. The van der Waals surface area contributed by atoms with Crippen molar-refractivity contribution in [3.05, 3.63) is 0 Å². The van der Waals surface area contributed by atoms with Crippen LogP contribution in [-0.4, -0.2) is 71.5 Å². The SMILES string of the molecule is CS(=S)CCC(F)(F)C(F)(F)C(F)(F)C(F)(F)C(F)(F)C(F)(F)C(F)(F)C(F)(F)C(F)(F)C(F)(F)F. The molecule has 0 fully saturated rings. The zero-order chi connectivity index (χ0) is 30.0. The Morgan fingerprint density at radius 2 is 0.639 bits per heavy atom. The Hall–Kier alpha value is -0.900. The van der Waals surface area contributed by atoms with Crippen molar-refractivity contribution in [3.8, 4) is 0 Å². The van der Waals surface area contributed by atoms with Gasteiger partial charge in [0.15, 0.2) is 0 Å². The molecule has 0 aliphatic heterocycles. The summed E-state index contributed by atoms with van der Waals surface area (Å²) in [5, 5.41) is 0. The number of rotatable bonds is 11. The van der Waals surface area contributed by atoms with Crippen molar-refractivity contribution in [2.24, 2.45) is 0 Å². The molecule has 1 unspecified atom stereocenters. The molecule has 0 aromatic heterocycles. The molecule has 0 amide bonds. The van der Waals surface area contributed by atoms with Crippen LogP contribution in [0.1, 0.15) is 6.42 Å². The van der Waals surface area contributed by atoms with Gasteiger partial charge >= 0.3 is 59.5 Å². The van der Waals surface area contributed by atoms with Crippen LogP contribution in [0.25, 0.3) is 0 Å². The summed E-state index contributed by atoms with van der Waals surface area (Å²) in [5.41, 5.74) is 0. The van der Waals surface area contributed by atoms with Crippen LogP contribution in [0.3, 0.4) is 0 Å². The second-order valence-electron chi connectivity index (χ2n) is 6.82. The Labute approximate surface area is 191 Å².